The summed E-state index contributed by atoms with van der Waals surface area (Å²) in [5, 5.41) is 6.71. The van der Waals surface area contributed by atoms with Crippen molar-refractivity contribution in [3.05, 3.63) is 12.3 Å². The van der Waals surface area contributed by atoms with Gasteiger partial charge in [-0.2, -0.15) is 0 Å². The van der Waals surface area contributed by atoms with Crippen LogP contribution in [0.4, 0.5) is 0 Å². The van der Waals surface area contributed by atoms with Crippen LogP contribution in [0.15, 0.2) is 12.3 Å². The van der Waals surface area contributed by atoms with Gasteiger partial charge in [0.15, 0.2) is 0 Å². The van der Waals surface area contributed by atoms with Gasteiger partial charge in [0.2, 0.25) is 0 Å². The lowest BCUT2D eigenvalue weighted by Crippen LogP contribution is -2.38. The van der Waals surface area contributed by atoms with Crippen LogP contribution in [0.25, 0.3) is 0 Å². The second-order valence-electron chi connectivity index (χ2n) is 5.20. The molecule has 1 fully saturated rings. The molecule has 1 aliphatic rings. The molecule has 2 heteroatoms. The summed E-state index contributed by atoms with van der Waals surface area (Å²) in [6.45, 7) is 11.0. The topological polar surface area (TPSA) is 24.1 Å². The highest BCUT2D eigenvalue weighted by molar-refractivity contribution is 5.00. The van der Waals surface area contributed by atoms with Crippen LogP contribution < -0.4 is 10.6 Å². The minimum atomic E-state index is 0.626. The Morgan fingerprint density at radius 1 is 1.47 bits per heavy atom. The van der Waals surface area contributed by atoms with E-state index in [-0.39, 0.29) is 0 Å². The summed E-state index contributed by atoms with van der Waals surface area (Å²) in [6.07, 6.45) is 4.02. The van der Waals surface area contributed by atoms with Crippen molar-refractivity contribution >= 4 is 0 Å². The maximum atomic E-state index is 4.08. The standard InChI is InChI=1S/C13H26N2/c1-10(2)5-6-12-7-13(9-15-8-12)11(3)14-4/h10,12-15H,3,5-9H2,1-2,4H3. The molecular weight excluding hydrogens is 184 g/mol. The predicted octanol–water partition coefficient (Wildman–Crippen LogP) is 2.38. The first-order valence-electron chi connectivity index (χ1n) is 6.20. The molecule has 15 heavy (non-hydrogen) atoms. The molecule has 0 bridgehead atoms. The molecule has 2 N–H and O–H groups in total. The van der Waals surface area contributed by atoms with Gasteiger partial charge in [0.1, 0.15) is 0 Å². The maximum Gasteiger partial charge on any atom is 0.0108 e. The third kappa shape index (κ3) is 4.25. The average molecular weight is 210 g/mol. The average Bonchev–Trinajstić information content (AvgIpc) is 2.25. The van der Waals surface area contributed by atoms with Crippen molar-refractivity contribution in [3.63, 3.8) is 0 Å². The van der Waals surface area contributed by atoms with Gasteiger partial charge in [-0.05, 0) is 31.2 Å². The highest BCUT2D eigenvalue weighted by Crippen LogP contribution is 2.25. The first-order valence-corrected chi connectivity index (χ1v) is 6.20. The molecule has 1 saturated heterocycles. The summed E-state index contributed by atoms with van der Waals surface area (Å²) in [5.41, 5.74) is 1.19. The lowest BCUT2D eigenvalue weighted by Gasteiger charge is -2.31. The predicted molar refractivity (Wildman–Crippen MR) is 66.7 cm³/mol. The fourth-order valence-electron chi connectivity index (χ4n) is 2.29. The molecule has 2 atom stereocenters. The summed E-state index contributed by atoms with van der Waals surface area (Å²) >= 11 is 0. The van der Waals surface area contributed by atoms with Crippen LogP contribution in [0.5, 0.6) is 0 Å². The molecular formula is C13H26N2. The van der Waals surface area contributed by atoms with E-state index in [4.69, 9.17) is 0 Å². The Balaban J connectivity index is 2.32. The smallest absolute Gasteiger partial charge is 0.0108 e. The van der Waals surface area contributed by atoms with Gasteiger partial charge in [0, 0.05) is 25.2 Å². The fraction of sp³-hybridized carbons (Fsp3) is 0.846. The monoisotopic (exact) mass is 210 g/mol. The molecule has 0 aromatic rings. The Morgan fingerprint density at radius 3 is 2.80 bits per heavy atom. The van der Waals surface area contributed by atoms with E-state index in [1.54, 1.807) is 0 Å². The van der Waals surface area contributed by atoms with Crippen molar-refractivity contribution in [2.45, 2.75) is 33.1 Å². The Morgan fingerprint density at radius 2 is 2.20 bits per heavy atom. The van der Waals surface area contributed by atoms with Gasteiger partial charge >= 0.3 is 0 Å². The van der Waals surface area contributed by atoms with Crippen molar-refractivity contribution in [2.24, 2.45) is 17.8 Å². The largest absolute Gasteiger partial charge is 0.392 e. The first-order chi connectivity index (χ1) is 7.13. The van der Waals surface area contributed by atoms with Crippen LogP contribution in [0.1, 0.15) is 33.1 Å². The zero-order valence-electron chi connectivity index (χ0n) is 10.5. The lowest BCUT2D eigenvalue weighted by molar-refractivity contribution is 0.281. The molecule has 0 aliphatic carbocycles. The Bertz CT molecular complexity index is 199. The Kier molecular flexibility index (Phi) is 5.16. The zero-order chi connectivity index (χ0) is 11.3. The van der Waals surface area contributed by atoms with E-state index in [0.29, 0.717) is 5.92 Å². The summed E-state index contributed by atoms with van der Waals surface area (Å²) in [7, 11) is 1.97. The van der Waals surface area contributed by atoms with Crippen LogP contribution in [0, 0.1) is 17.8 Å². The van der Waals surface area contributed by atoms with Gasteiger partial charge in [-0.25, -0.2) is 0 Å². The van der Waals surface area contributed by atoms with Crippen LogP contribution in [-0.4, -0.2) is 20.1 Å². The Hall–Kier alpha value is -0.500. The molecule has 2 nitrogen and oxygen atoms in total. The van der Waals surface area contributed by atoms with Crippen molar-refractivity contribution < 1.29 is 0 Å². The molecule has 2 unspecified atom stereocenters. The molecule has 88 valence electrons. The number of piperidine rings is 1. The van der Waals surface area contributed by atoms with E-state index in [1.165, 1.54) is 31.5 Å². The quantitative estimate of drug-likeness (QED) is 0.728. The first kappa shape index (κ1) is 12.6. The molecule has 0 aromatic carbocycles. The second kappa shape index (κ2) is 6.16. The SMILES string of the molecule is C=C(NC)C1CNCC(CCC(C)C)C1. The van der Waals surface area contributed by atoms with Crippen molar-refractivity contribution in [3.8, 4) is 0 Å². The van der Waals surface area contributed by atoms with Crippen molar-refractivity contribution in [1.82, 2.24) is 10.6 Å². The third-order valence-corrected chi connectivity index (χ3v) is 3.41. The minimum Gasteiger partial charge on any atom is -0.392 e. The minimum absolute atomic E-state index is 0.626. The van der Waals surface area contributed by atoms with Gasteiger partial charge in [0.25, 0.3) is 0 Å². The van der Waals surface area contributed by atoms with Gasteiger partial charge < -0.3 is 10.6 Å². The summed E-state index contributed by atoms with van der Waals surface area (Å²) in [4.78, 5) is 0. The summed E-state index contributed by atoms with van der Waals surface area (Å²) in [5.74, 6) is 2.30. The molecule has 0 radical (unpaired) electrons. The van der Waals surface area contributed by atoms with Crippen LogP contribution >= 0.6 is 0 Å². The lowest BCUT2D eigenvalue weighted by atomic mass is 9.85. The normalized spacial score (nSPS) is 26.7. The maximum absolute atomic E-state index is 4.08. The molecule has 1 rings (SSSR count). The fourth-order valence-corrected chi connectivity index (χ4v) is 2.29. The second-order valence-corrected chi connectivity index (χ2v) is 5.20. The molecule has 0 saturated carbocycles. The number of hydrogen-bond acceptors (Lipinski definition) is 2. The van der Waals surface area contributed by atoms with E-state index in [1.807, 2.05) is 7.05 Å². The zero-order valence-corrected chi connectivity index (χ0v) is 10.5. The van der Waals surface area contributed by atoms with Gasteiger partial charge in [-0.3, -0.25) is 0 Å². The van der Waals surface area contributed by atoms with E-state index in [9.17, 15) is 0 Å². The number of hydrogen-bond donors (Lipinski definition) is 2. The highest BCUT2D eigenvalue weighted by atomic mass is 14.9. The molecule has 1 aliphatic heterocycles. The van der Waals surface area contributed by atoms with E-state index in [0.717, 1.165) is 18.4 Å². The van der Waals surface area contributed by atoms with E-state index >= 15 is 0 Å². The molecule has 0 aromatic heterocycles. The van der Waals surface area contributed by atoms with Crippen LogP contribution in [0.3, 0.4) is 0 Å². The van der Waals surface area contributed by atoms with Crippen molar-refractivity contribution in [2.75, 3.05) is 20.1 Å². The Labute approximate surface area is 94.5 Å². The number of nitrogens with one attached hydrogen (secondary N) is 2. The van der Waals surface area contributed by atoms with Gasteiger partial charge in [-0.15, -0.1) is 0 Å². The molecule has 1 heterocycles. The van der Waals surface area contributed by atoms with Crippen LogP contribution in [0.2, 0.25) is 0 Å². The van der Waals surface area contributed by atoms with Crippen molar-refractivity contribution in [1.29, 1.82) is 0 Å². The number of rotatable bonds is 5. The highest BCUT2D eigenvalue weighted by Gasteiger charge is 2.22. The summed E-state index contributed by atoms with van der Waals surface area (Å²) < 4.78 is 0. The molecule has 0 spiro atoms. The van der Waals surface area contributed by atoms with E-state index < -0.39 is 0 Å². The van der Waals surface area contributed by atoms with Gasteiger partial charge in [-0.1, -0.05) is 26.8 Å². The molecule has 0 amide bonds. The summed E-state index contributed by atoms with van der Waals surface area (Å²) in [6, 6.07) is 0. The van der Waals surface area contributed by atoms with E-state index in [2.05, 4.69) is 31.1 Å². The van der Waals surface area contributed by atoms with Gasteiger partial charge in [0.05, 0.1) is 0 Å². The third-order valence-electron chi connectivity index (χ3n) is 3.41. The van der Waals surface area contributed by atoms with Crippen LogP contribution in [-0.2, 0) is 0 Å².